The number of benzene rings is 2. The molecule has 0 fully saturated rings. The smallest absolute Gasteiger partial charge is 0.423 e. The number of aryl methyl sites for hydroxylation is 1. The summed E-state index contributed by atoms with van der Waals surface area (Å²) < 4.78 is 38.8. The summed E-state index contributed by atoms with van der Waals surface area (Å²) in [6.07, 6.45) is -4.71. The Morgan fingerprint density at radius 1 is 1.18 bits per heavy atom. The van der Waals surface area contributed by atoms with E-state index in [2.05, 4.69) is 0 Å². The van der Waals surface area contributed by atoms with Crippen LogP contribution in [-0.2, 0) is 16.1 Å². The van der Waals surface area contributed by atoms with Crippen LogP contribution in [0.15, 0.2) is 60.2 Å². The first kappa shape index (κ1) is 19.7. The first-order valence-electron chi connectivity index (χ1n) is 8.65. The fraction of sp³-hybridized carbons (Fsp3) is 0.238. The average Bonchev–Trinajstić information content (AvgIpc) is 2.86. The molecule has 4 nitrogen and oxygen atoms in total. The molecule has 146 valence electrons. The van der Waals surface area contributed by atoms with E-state index in [1.807, 2.05) is 43.3 Å². The minimum atomic E-state index is -4.98. The summed E-state index contributed by atoms with van der Waals surface area (Å²) in [4.78, 5) is 25.5. The van der Waals surface area contributed by atoms with E-state index in [-0.39, 0.29) is 12.3 Å². The number of fused-ring (bicyclic) bond motifs is 1. The minimum absolute atomic E-state index is 0.293. The standard InChI is InChI=1S/C21H18F3NO3/c1-13-7-10-18-16(11-13)15(8-9-17(20(27)28)21(22,23)24)19(26)25(18)12-14-5-3-2-4-6-14/h2-7,9-11,15H,8,12H2,1H3,(H,27,28)/b17-9-. The van der Waals surface area contributed by atoms with Crippen molar-refractivity contribution in [2.75, 3.05) is 4.90 Å². The van der Waals surface area contributed by atoms with Gasteiger partial charge in [0.05, 0.1) is 12.5 Å². The summed E-state index contributed by atoms with van der Waals surface area (Å²) in [5.41, 5.74) is 1.36. The Morgan fingerprint density at radius 3 is 2.46 bits per heavy atom. The fourth-order valence-corrected chi connectivity index (χ4v) is 3.36. The van der Waals surface area contributed by atoms with Gasteiger partial charge in [-0.25, -0.2) is 4.79 Å². The predicted molar refractivity (Wildman–Crippen MR) is 97.9 cm³/mol. The predicted octanol–water partition coefficient (Wildman–Crippen LogP) is 4.59. The Hall–Kier alpha value is -3.09. The van der Waals surface area contributed by atoms with Crippen molar-refractivity contribution < 1.29 is 27.9 Å². The van der Waals surface area contributed by atoms with Crippen molar-refractivity contribution >= 4 is 17.6 Å². The third-order valence-corrected chi connectivity index (χ3v) is 4.69. The van der Waals surface area contributed by atoms with Crippen molar-refractivity contribution in [2.45, 2.75) is 32.0 Å². The van der Waals surface area contributed by atoms with Gasteiger partial charge in [0.15, 0.2) is 0 Å². The van der Waals surface area contributed by atoms with E-state index in [1.54, 1.807) is 12.1 Å². The molecule has 0 saturated carbocycles. The number of hydrogen-bond acceptors (Lipinski definition) is 2. The molecule has 1 amide bonds. The number of hydrogen-bond donors (Lipinski definition) is 1. The first-order valence-corrected chi connectivity index (χ1v) is 8.65. The number of anilines is 1. The van der Waals surface area contributed by atoms with E-state index in [0.717, 1.165) is 11.1 Å². The molecule has 1 atom stereocenters. The van der Waals surface area contributed by atoms with E-state index in [1.165, 1.54) is 4.90 Å². The molecule has 0 aliphatic carbocycles. The van der Waals surface area contributed by atoms with Gasteiger partial charge in [-0.1, -0.05) is 54.1 Å². The van der Waals surface area contributed by atoms with Gasteiger partial charge in [-0.05, 0) is 30.5 Å². The van der Waals surface area contributed by atoms with Gasteiger partial charge in [0, 0.05) is 5.69 Å². The molecule has 1 aliphatic rings. The summed E-state index contributed by atoms with van der Waals surface area (Å²) in [7, 11) is 0. The third kappa shape index (κ3) is 3.93. The molecular formula is C21H18F3NO3. The number of aliphatic carboxylic acids is 1. The molecule has 28 heavy (non-hydrogen) atoms. The lowest BCUT2D eigenvalue weighted by Crippen LogP contribution is -2.28. The van der Waals surface area contributed by atoms with Gasteiger partial charge in [-0.3, -0.25) is 4.79 Å². The number of carbonyl (C=O) groups excluding carboxylic acids is 1. The Balaban J connectivity index is 1.95. The molecular weight excluding hydrogens is 371 g/mol. The van der Waals surface area contributed by atoms with Crippen LogP contribution >= 0.6 is 0 Å². The lowest BCUT2D eigenvalue weighted by Gasteiger charge is -2.18. The summed E-state index contributed by atoms with van der Waals surface area (Å²) in [6.45, 7) is 2.12. The maximum absolute atomic E-state index is 13.0. The first-order chi connectivity index (χ1) is 13.2. The van der Waals surface area contributed by atoms with Crippen molar-refractivity contribution in [3.63, 3.8) is 0 Å². The molecule has 1 N–H and O–H groups in total. The third-order valence-electron chi connectivity index (χ3n) is 4.69. The van der Waals surface area contributed by atoms with E-state index in [4.69, 9.17) is 5.11 Å². The Kier molecular flexibility index (Phi) is 5.27. The maximum atomic E-state index is 13.0. The molecule has 1 aliphatic heterocycles. The summed E-state index contributed by atoms with van der Waals surface area (Å²) in [5, 5.41) is 8.85. The quantitative estimate of drug-likeness (QED) is 0.761. The monoisotopic (exact) mass is 389 g/mol. The highest BCUT2D eigenvalue weighted by Gasteiger charge is 2.41. The highest BCUT2D eigenvalue weighted by Crippen LogP contribution is 2.41. The van der Waals surface area contributed by atoms with E-state index in [9.17, 15) is 22.8 Å². The fourth-order valence-electron chi connectivity index (χ4n) is 3.36. The topological polar surface area (TPSA) is 57.6 Å². The highest BCUT2D eigenvalue weighted by atomic mass is 19.4. The van der Waals surface area contributed by atoms with Crippen molar-refractivity contribution in [2.24, 2.45) is 0 Å². The number of halogens is 3. The van der Waals surface area contributed by atoms with E-state index in [0.29, 0.717) is 23.9 Å². The largest absolute Gasteiger partial charge is 0.478 e. The number of nitrogens with zero attached hydrogens (tertiary/aromatic N) is 1. The minimum Gasteiger partial charge on any atom is -0.478 e. The van der Waals surface area contributed by atoms with Gasteiger partial charge >= 0.3 is 12.1 Å². The second-order valence-electron chi connectivity index (χ2n) is 6.68. The van der Waals surface area contributed by atoms with Crippen molar-refractivity contribution in [1.29, 1.82) is 0 Å². The van der Waals surface area contributed by atoms with Crippen LogP contribution in [0, 0.1) is 6.92 Å². The van der Waals surface area contributed by atoms with Gasteiger partial charge < -0.3 is 10.0 Å². The second-order valence-corrected chi connectivity index (χ2v) is 6.68. The van der Waals surface area contributed by atoms with E-state index < -0.39 is 23.6 Å². The number of allylic oxidation sites excluding steroid dienone is 1. The average molecular weight is 389 g/mol. The molecule has 0 bridgehead atoms. The van der Waals surface area contributed by atoms with Crippen LogP contribution in [-0.4, -0.2) is 23.2 Å². The Bertz CT molecular complexity index is 936. The molecule has 0 spiro atoms. The zero-order chi connectivity index (χ0) is 20.5. The lowest BCUT2D eigenvalue weighted by atomic mass is 9.94. The number of rotatable bonds is 5. The number of alkyl halides is 3. The summed E-state index contributed by atoms with van der Waals surface area (Å²) >= 11 is 0. The van der Waals surface area contributed by atoms with Crippen molar-refractivity contribution in [1.82, 2.24) is 0 Å². The van der Waals surface area contributed by atoms with Gasteiger partial charge in [0.1, 0.15) is 5.57 Å². The van der Waals surface area contributed by atoms with Gasteiger partial charge in [0.25, 0.3) is 0 Å². The van der Waals surface area contributed by atoms with Crippen LogP contribution in [0.1, 0.15) is 29.0 Å². The van der Waals surface area contributed by atoms with Gasteiger partial charge in [-0.15, -0.1) is 0 Å². The van der Waals surface area contributed by atoms with Gasteiger partial charge in [0.2, 0.25) is 5.91 Å². The van der Waals surface area contributed by atoms with Crippen LogP contribution in [0.25, 0.3) is 0 Å². The second kappa shape index (κ2) is 7.50. The van der Waals surface area contributed by atoms with Crippen LogP contribution in [0.4, 0.5) is 18.9 Å². The molecule has 1 heterocycles. The van der Waals surface area contributed by atoms with E-state index >= 15 is 0 Å². The van der Waals surface area contributed by atoms with Crippen LogP contribution in [0.5, 0.6) is 0 Å². The Labute approximate surface area is 159 Å². The van der Waals surface area contributed by atoms with Crippen LogP contribution < -0.4 is 4.90 Å². The highest BCUT2D eigenvalue weighted by molar-refractivity contribution is 6.05. The molecule has 1 unspecified atom stereocenters. The number of carboxylic acid groups (broad SMARTS) is 1. The molecule has 0 aromatic heterocycles. The molecule has 0 saturated heterocycles. The molecule has 0 radical (unpaired) electrons. The van der Waals surface area contributed by atoms with Gasteiger partial charge in [-0.2, -0.15) is 13.2 Å². The molecule has 2 aromatic carbocycles. The summed E-state index contributed by atoms with van der Waals surface area (Å²) in [5.74, 6) is -3.24. The number of carboxylic acids is 1. The maximum Gasteiger partial charge on any atom is 0.423 e. The number of carbonyl (C=O) groups is 2. The molecule has 3 rings (SSSR count). The summed E-state index contributed by atoms with van der Waals surface area (Å²) in [6, 6.07) is 14.6. The zero-order valence-corrected chi connectivity index (χ0v) is 15.0. The zero-order valence-electron chi connectivity index (χ0n) is 15.0. The van der Waals surface area contributed by atoms with Crippen molar-refractivity contribution in [3.05, 3.63) is 76.9 Å². The molecule has 2 aromatic rings. The normalized spacial score (nSPS) is 17.0. The number of amides is 1. The van der Waals surface area contributed by atoms with Crippen LogP contribution in [0.2, 0.25) is 0 Å². The van der Waals surface area contributed by atoms with Crippen molar-refractivity contribution in [3.8, 4) is 0 Å². The lowest BCUT2D eigenvalue weighted by molar-refractivity contribution is -0.145. The molecule has 7 heteroatoms. The van der Waals surface area contributed by atoms with Crippen LogP contribution in [0.3, 0.4) is 0 Å². The SMILES string of the molecule is Cc1ccc2c(c1)C(C/C=C(/C(=O)O)C(F)(F)F)C(=O)N2Cc1ccccc1. The Morgan fingerprint density at radius 2 is 1.86 bits per heavy atom.